The minimum Gasteiger partial charge on any atom is -0.379 e. The molecule has 3 N–H and O–H groups in total. The van der Waals surface area contributed by atoms with Crippen molar-refractivity contribution in [1.29, 1.82) is 0 Å². The monoisotopic (exact) mass is 329 g/mol. The fraction of sp³-hybridized carbons (Fsp3) is 1.00. The largest absolute Gasteiger partial charge is 0.379 e. The van der Waals surface area contributed by atoms with Gasteiger partial charge < -0.3 is 10.2 Å². The third-order valence-electron chi connectivity index (χ3n) is 4.55. The van der Waals surface area contributed by atoms with E-state index >= 15 is 0 Å². The Hall–Kier alpha value is -0.120. The van der Waals surface area contributed by atoms with E-state index in [9.17, 15) is 10.2 Å². The number of hydrogen-bond donors (Lipinski definition) is 3. The van der Waals surface area contributed by atoms with Crippen LogP contribution in [-0.2, 0) is 0 Å². The Labute approximate surface area is 145 Å². The Bertz CT molecular complexity index is 224. The molecule has 0 bridgehead atoms. The van der Waals surface area contributed by atoms with Gasteiger partial charge in [0, 0.05) is 0 Å². The van der Waals surface area contributed by atoms with Crippen LogP contribution in [0.4, 0.5) is 0 Å². The average molecular weight is 330 g/mol. The van der Waals surface area contributed by atoms with Crippen LogP contribution >= 0.6 is 0 Å². The van der Waals surface area contributed by atoms with Gasteiger partial charge in [0.15, 0.2) is 0 Å². The quantitative estimate of drug-likeness (QED) is 0.230. The van der Waals surface area contributed by atoms with Gasteiger partial charge in [0.1, 0.15) is 12.5 Å². The molecule has 0 rings (SSSR count). The van der Waals surface area contributed by atoms with Crippen molar-refractivity contribution in [1.82, 2.24) is 5.32 Å². The maximum Gasteiger partial charge on any atom is 0.106 e. The third-order valence-corrected chi connectivity index (χ3v) is 4.55. The van der Waals surface area contributed by atoms with Gasteiger partial charge in [-0.3, -0.25) is 5.32 Å². The predicted octanol–water partition coefficient (Wildman–Crippen LogP) is 5.49. The van der Waals surface area contributed by atoms with Crippen LogP contribution < -0.4 is 5.32 Å². The molecular weight excluding hydrogens is 286 g/mol. The minimum atomic E-state index is -0.551. The van der Waals surface area contributed by atoms with Crippen molar-refractivity contribution in [2.45, 2.75) is 129 Å². The Balaban J connectivity index is 3.30. The lowest BCUT2D eigenvalue weighted by atomic mass is 10.1. The first-order valence-electron chi connectivity index (χ1n) is 10.3. The zero-order valence-electron chi connectivity index (χ0n) is 15.9. The molecule has 2 unspecified atom stereocenters. The van der Waals surface area contributed by atoms with Crippen molar-refractivity contribution in [2.24, 2.45) is 0 Å². The molecule has 0 saturated carbocycles. The van der Waals surface area contributed by atoms with Crippen LogP contribution in [-0.4, -0.2) is 22.7 Å². The molecule has 0 aliphatic heterocycles. The highest BCUT2D eigenvalue weighted by atomic mass is 16.3. The number of hydrogen-bond acceptors (Lipinski definition) is 3. The summed E-state index contributed by atoms with van der Waals surface area (Å²) in [5, 5.41) is 22.6. The first-order valence-corrected chi connectivity index (χ1v) is 10.3. The summed E-state index contributed by atoms with van der Waals surface area (Å²) in [5.41, 5.74) is 0. The van der Waals surface area contributed by atoms with Gasteiger partial charge in [-0.1, -0.05) is 90.9 Å². The van der Waals surface area contributed by atoms with Crippen molar-refractivity contribution in [3.8, 4) is 0 Å². The lowest BCUT2D eigenvalue weighted by Gasteiger charge is -2.18. The molecule has 0 fully saturated rings. The maximum absolute atomic E-state index is 9.89. The molecule has 3 heteroatoms. The summed E-state index contributed by atoms with van der Waals surface area (Å²) in [6.45, 7) is 4.46. The molecule has 0 spiro atoms. The van der Waals surface area contributed by atoms with Crippen LogP contribution in [0, 0.1) is 0 Å². The second-order valence-electron chi connectivity index (χ2n) is 7.02. The summed E-state index contributed by atoms with van der Waals surface area (Å²) < 4.78 is 0. The zero-order chi connectivity index (χ0) is 17.2. The van der Waals surface area contributed by atoms with Gasteiger partial charge in [0.05, 0.1) is 0 Å². The van der Waals surface area contributed by atoms with Crippen molar-refractivity contribution in [3.63, 3.8) is 0 Å². The SMILES string of the molecule is CCCCCCCCCCCC(O)NC(O)CCCCCCC. The normalized spacial score (nSPS) is 14.1. The Kier molecular flexibility index (Phi) is 18.1. The van der Waals surface area contributed by atoms with Crippen molar-refractivity contribution < 1.29 is 10.2 Å². The minimum absolute atomic E-state index is 0.551. The summed E-state index contributed by atoms with van der Waals surface area (Å²) >= 11 is 0. The molecule has 0 aromatic carbocycles. The molecule has 0 saturated heterocycles. The lowest BCUT2D eigenvalue weighted by Crippen LogP contribution is -2.38. The number of rotatable bonds is 18. The summed E-state index contributed by atoms with van der Waals surface area (Å²) in [6, 6.07) is 0. The fourth-order valence-corrected chi connectivity index (χ4v) is 2.98. The molecule has 0 heterocycles. The molecule has 0 aliphatic carbocycles. The van der Waals surface area contributed by atoms with Gasteiger partial charge in [-0.05, 0) is 25.7 Å². The van der Waals surface area contributed by atoms with E-state index in [0.717, 1.165) is 25.7 Å². The highest BCUT2D eigenvalue weighted by Crippen LogP contribution is 2.11. The Morgan fingerprint density at radius 1 is 0.522 bits per heavy atom. The summed E-state index contributed by atoms with van der Waals surface area (Å²) in [4.78, 5) is 0. The average Bonchev–Trinajstić information content (AvgIpc) is 2.53. The van der Waals surface area contributed by atoms with Gasteiger partial charge in [0.25, 0.3) is 0 Å². The summed E-state index contributed by atoms with van der Waals surface area (Å²) in [5.74, 6) is 0. The smallest absolute Gasteiger partial charge is 0.106 e. The highest BCUT2D eigenvalue weighted by Gasteiger charge is 2.09. The van der Waals surface area contributed by atoms with Gasteiger partial charge in [-0.15, -0.1) is 0 Å². The van der Waals surface area contributed by atoms with Crippen molar-refractivity contribution >= 4 is 0 Å². The van der Waals surface area contributed by atoms with E-state index < -0.39 is 12.5 Å². The molecule has 0 amide bonds. The van der Waals surface area contributed by atoms with E-state index in [1.165, 1.54) is 77.0 Å². The predicted molar refractivity (Wildman–Crippen MR) is 100 cm³/mol. The van der Waals surface area contributed by atoms with Crippen LogP contribution in [0.1, 0.15) is 117 Å². The number of unbranched alkanes of at least 4 members (excludes halogenated alkanes) is 12. The molecule has 23 heavy (non-hydrogen) atoms. The highest BCUT2D eigenvalue weighted by molar-refractivity contribution is 4.59. The van der Waals surface area contributed by atoms with Crippen LogP contribution in [0.5, 0.6) is 0 Å². The lowest BCUT2D eigenvalue weighted by molar-refractivity contribution is 0.0310. The van der Waals surface area contributed by atoms with E-state index in [-0.39, 0.29) is 0 Å². The Morgan fingerprint density at radius 3 is 1.17 bits per heavy atom. The van der Waals surface area contributed by atoms with Crippen LogP contribution in [0.15, 0.2) is 0 Å². The van der Waals surface area contributed by atoms with Crippen LogP contribution in [0.3, 0.4) is 0 Å². The molecular formula is C20H43NO2. The van der Waals surface area contributed by atoms with Gasteiger partial charge in [-0.2, -0.15) is 0 Å². The number of aliphatic hydroxyl groups is 2. The van der Waals surface area contributed by atoms with Crippen molar-refractivity contribution in [2.75, 3.05) is 0 Å². The van der Waals surface area contributed by atoms with E-state index in [1.54, 1.807) is 0 Å². The Morgan fingerprint density at radius 2 is 0.826 bits per heavy atom. The molecule has 2 atom stereocenters. The number of aliphatic hydroxyl groups excluding tert-OH is 2. The molecule has 140 valence electrons. The maximum atomic E-state index is 9.89. The van der Waals surface area contributed by atoms with E-state index in [1.807, 2.05) is 0 Å². The molecule has 0 aromatic rings. The van der Waals surface area contributed by atoms with E-state index in [0.29, 0.717) is 0 Å². The van der Waals surface area contributed by atoms with Crippen molar-refractivity contribution in [3.05, 3.63) is 0 Å². The second kappa shape index (κ2) is 18.2. The van der Waals surface area contributed by atoms with Crippen LogP contribution in [0.25, 0.3) is 0 Å². The third kappa shape index (κ3) is 18.1. The van der Waals surface area contributed by atoms with Gasteiger partial charge in [-0.25, -0.2) is 0 Å². The van der Waals surface area contributed by atoms with E-state index in [2.05, 4.69) is 19.2 Å². The number of nitrogens with one attached hydrogen (secondary N) is 1. The summed E-state index contributed by atoms with van der Waals surface area (Å²) in [6.07, 6.45) is 18.1. The van der Waals surface area contributed by atoms with Gasteiger partial charge in [0.2, 0.25) is 0 Å². The van der Waals surface area contributed by atoms with E-state index in [4.69, 9.17) is 0 Å². The van der Waals surface area contributed by atoms with Gasteiger partial charge >= 0.3 is 0 Å². The van der Waals surface area contributed by atoms with Crippen LogP contribution in [0.2, 0.25) is 0 Å². The molecule has 0 aliphatic rings. The summed E-state index contributed by atoms with van der Waals surface area (Å²) in [7, 11) is 0. The zero-order valence-corrected chi connectivity index (χ0v) is 15.9. The first kappa shape index (κ1) is 22.9. The molecule has 3 nitrogen and oxygen atoms in total. The molecule has 0 aromatic heterocycles. The first-order chi connectivity index (χ1) is 11.2. The standard InChI is InChI=1S/C20H43NO2/c1-3-5-7-9-10-11-12-14-16-18-20(23)21-19(22)17-15-13-8-6-4-2/h19-23H,3-18H2,1-2H3. The topological polar surface area (TPSA) is 52.5 Å². The molecule has 0 radical (unpaired) electrons. The second-order valence-corrected chi connectivity index (χ2v) is 7.02. The fourth-order valence-electron chi connectivity index (χ4n) is 2.98.